The first kappa shape index (κ1) is 18.0. The summed E-state index contributed by atoms with van der Waals surface area (Å²) in [5, 5.41) is 2.85. The van der Waals surface area contributed by atoms with Crippen LogP contribution in [-0.2, 0) is 10.3 Å². The van der Waals surface area contributed by atoms with E-state index in [1.807, 2.05) is 42.6 Å². The SMILES string of the molecule is CN1C(=O)CC(c2cccs2)(C2CC2)N=C1N.Cc1cccc(Cl)c1. The molecule has 1 atom stereocenters. The van der Waals surface area contributed by atoms with Crippen LogP contribution < -0.4 is 5.73 Å². The molecule has 0 radical (unpaired) electrons. The lowest BCUT2D eigenvalue weighted by Gasteiger charge is -2.35. The molecule has 1 aromatic heterocycles. The number of hydrogen-bond acceptors (Lipinski definition) is 4. The van der Waals surface area contributed by atoms with Gasteiger partial charge in [-0.15, -0.1) is 11.3 Å². The Morgan fingerprint density at radius 3 is 2.56 bits per heavy atom. The second-order valence-corrected chi connectivity index (χ2v) is 7.96. The molecule has 1 amide bonds. The molecule has 2 aromatic rings. The number of rotatable bonds is 2. The van der Waals surface area contributed by atoms with E-state index >= 15 is 0 Å². The van der Waals surface area contributed by atoms with Gasteiger partial charge in [0.15, 0.2) is 5.96 Å². The van der Waals surface area contributed by atoms with Crippen molar-refractivity contribution in [2.75, 3.05) is 7.05 Å². The number of guanidine groups is 1. The highest BCUT2D eigenvalue weighted by atomic mass is 35.5. The quantitative estimate of drug-likeness (QED) is 0.855. The van der Waals surface area contributed by atoms with Gasteiger partial charge in [-0.1, -0.05) is 29.8 Å². The Morgan fingerprint density at radius 2 is 2.08 bits per heavy atom. The maximum atomic E-state index is 12.0. The molecule has 0 bridgehead atoms. The minimum atomic E-state index is -0.373. The van der Waals surface area contributed by atoms with Gasteiger partial charge < -0.3 is 5.73 Å². The Kier molecular flexibility index (Phi) is 5.16. The van der Waals surface area contributed by atoms with Crippen molar-refractivity contribution >= 4 is 34.8 Å². The third kappa shape index (κ3) is 3.88. The molecule has 1 aliphatic heterocycles. The van der Waals surface area contributed by atoms with Crippen LogP contribution in [0.2, 0.25) is 5.02 Å². The summed E-state index contributed by atoms with van der Waals surface area (Å²) in [5.74, 6) is 0.900. The van der Waals surface area contributed by atoms with Crippen molar-refractivity contribution in [1.82, 2.24) is 4.90 Å². The van der Waals surface area contributed by atoms with Crippen LogP contribution in [0.25, 0.3) is 0 Å². The lowest BCUT2D eigenvalue weighted by molar-refractivity contribution is -0.128. The van der Waals surface area contributed by atoms with Crippen LogP contribution in [0, 0.1) is 12.8 Å². The van der Waals surface area contributed by atoms with Gasteiger partial charge >= 0.3 is 0 Å². The summed E-state index contributed by atoms with van der Waals surface area (Å²) in [6.07, 6.45) is 2.74. The molecule has 2 N–H and O–H groups in total. The van der Waals surface area contributed by atoms with E-state index < -0.39 is 0 Å². The van der Waals surface area contributed by atoms with E-state index in [2.05, 4.69) is 11.1 Å². The monoisotopic (exact) mass is 375 g/mol. The van der Waals surface area contributed by atoms with E-state index in [9.17, 15) is 4.79 Å². The van der Waals surface area contributed by atoms with Crippen LogP contribution in [0.15, 0.2) is 46.8 Å². The van der Waals surface area contributed by atoms with Gasteiger partial charge in [-0.05, 0) is 54.8 Å². The zero-order valence-corrected chi connectivity index (χ0v) is 16.0. The number of nitrogens with zero attached hydrogens (tertiary/aromatic N) is 2. The molecule has 1 unspecified atom stereocenters. The summed E-state index contributed by atoms with van der Waals surface area (Å²) in [5.41, 5.74) is 6.71. The molecular formula is C19H22ClN3OS. The molecule has 1 aromatic carbocycles. The van der Waals surface area contributed by atoms with E-state index in [1.165, 1.54) is 15.3 Å². The normalized spacial score (nSPS) is 22.9. The van der Waals surface area contributed by atoms with E-state index in [-0.39, 0.29) is 11.4 Å². The zero-order chi connectivity index (χ0) is 18.0. The number of halogens is 1. The summed E-state index contributed by atoms with van der Waals surface area (Å²) >= 11 is 7.31. The van der Waals surface area contributed by atoms with Crippen molar-refractivity contribution in [3.63, 3.8) is 0 Å². The van der Waals surface area contributed by atoms with Gasteiger partial charge in [0.05, 0.1) is 6.42 Å². The molecule has 1 saturated carbocycles. The van der Waals surface area contributed by atoms with E-state index in [0.717, 1.165) is 17.9 Å². The molecule has 1 fully saturated rings. The molecule has 25 heavy (non-hydrogen) atoms. The molecule has 4 nitrogen and oxygen atoms in total. The number of amides is 1. The first-order valence-electron chi connectivity index (χ1n) is 8.30. The molecule has 4 rings (SSSR count). The Labute approximate surface area is 157 Å². The summed E-state index contributed by atoms with van der Waals surface area (Å²) in [4.78, 5) is 19.3. The van der Waals surface area contributed by atoms with Crippen LogP contribution >= 0.6 is 22.9 Å². The van der Waals surface area contributed by atoms with Crippen molar-refractivity contribution in [3.8, 4) is 0 Å². The van der Waals surface area contributed by atoms with Gasteiger partial charge in [-0.2, -0.15) is 0 Å². The van der Waals surface area contributed by atoms with Gasteiger partial charge in [0, 0.05) is 16.9 Å². The average Bonchev–Trinajstić information content (AvgIpc) is 3.27. The Balaban J connectivity index is 0.000000192. The van der Waals surface area contributed by atoms with E-state index in [1.54, 1.807) is 18.4 Å². The number of hydrogen-bond donors (Lipinski definition) is 1. The van der Waals surface area contributed by atoms with Crippen LogP contribution in [0.5, 0.6) is 0 Å². The van der Waals surface area contributed by atoms with E-state index in [0.29, 0.717) is 18.3 Å². The molecule has 2 heterocycles. The fourth-order valence-electron chi connectivity index (χ4n) is 3.07. The largest absolute Gasteiger partial charge is 0.369 e. The smallest absolute Gasteiger partial charge is 0.231 e. The summed E-state index contributed by atoms with van der Waals surface area (Å²) < 4.78 is 0. The highest BCUT2D eigenvalue weighted by molar-refractivity contribution is 7.10. The third-order valence-electron chi connectivity index (χ3n) is 4.63. The van der Waals surface area contributed by atoms with Crippen LogP contribution in [0.1, 0.15) is 29.7 Å². The number of benzene rings is 1. The fraction of sp³-hybridized carbons (Fsp3) is 0.368. The van der Waals surface area contributed by atoms with E-state index in [4.69, 9.17) is 17.3 Å². The molecule has 6 heteroatoms. The minimum Gasteiger partial charge on any atom is -0.369 e. The average molecular weight is 376 g/mol. The van der Waals surface area contributed by atoms with Crippen molar-refractivity contribution in [2.24, 2.45) is 16.6 Å². The molecular weight excluding hydrogens is 354 g/mol. The predicted molar refractivity (Wildman–Crippen MR) is 104 cm³/mol. The second-order valence-electron chi connectivity index (χ2n) is 6.57. The predicted octanol–water partition coefficient (Wildman–Crippen LogP) is 4.18. The number of carbonyl (C=O) groups excluding carboxylic acids is 1. The number of thiophene rings is 1. The van der Waals surface area contributed by atoms with Gasteiger partial charge in [0.1, 0.15) is 5.54 Å². The van der Waals surface area contributed by atoms with Gasteiger partial charge in [-0.3, -0.25) is 9.69 Å². The molecule has 0 spiro atoms. The van der Waals surface area contributed by atoms with Gasteiger partial charge in [0.25, 0.3) is 0 Å². The zero-order valence-electron chi connectivity index (χ0n) is 14.4. The highest BCUT2D eigenvalue weighted by Crippen LogP contribution is 2.52. The first-order valence-corrected chi connectivity index (χ1v) is 9.56. The van der Waals surface area contributed by atoms with Crippen molar-refractivity contribution < 1.29 is 4.79 Å². The highest BCUT2D eigenvalue weighted by Gasteiger charge is 2.51. The number of nitrogens with two attached hydrogens (primary N) is 1. The maximum Gasteiger partial charge on any atom is 0.231 e. The Morgan fingerprint density at radius 1 is 1.32 bits per heavy atom. The topological polar surface area (TPSA) is 58.7 Å². The second kappa shape index (κ2) is 7.18. The van der Waals surface area contributed by atoms with Gasteiger partial charge in [0.2, 0.25) is 5.91 Å². The van der Waals surface area contributed by atoms with Crippen LogP contribution in [-0.4, -0.2) is 23.8 Å². The van der Waals surface area contributed by atoms with Crippen molar-refractivity contribution in [2.45, 2.75) is 31.7 Å². The lowest BCUT2D eigenvalue weighted by atomic mass is 9.86. The van der Waals surface area contributed by atoms with Crippen molar-refractivity contribution in [1.29, 1.82) is 0 Å². The Hall–Kier alpha value is -1.85. The lowest BCUT2D eigenvalue weighted by Crippen LogP contribution is -2.49. The van der Waals surface area contributed by atoms with Crippen molar-refractivity contribution in [3.05, 3.63) is 57.2 Å². The number of aliphatic imine (C=N–C) groups is 1. The first-order chi connectivity index (χ1) is 11.9. The van der Waals surface area contributed by atoms with Gasteiger partial charge in [-0.25, -0.2) is 4.99 Å². The molecule has 132 valence electrons. The fourth-order valence-corrected chi connectivity index (χ4v) is 4.26. The van der Waals surface area contributed by atoms with Crippen LogP contribution in [0.4, 0.5) is 0 Å². The number of carbonyl (C=O) groups is 1. The summed E-state index contributed by atoms with van der Waals surface area (Å²) in [7, 11) is 1.69. The molecule has 0 saturated heterocycles. The molecule has 2 aliphatic rings. The van der Waals surface area contributed by atoms with Crippen LogP contribution in [0.3, 0.4) is 0 Å². The molecule has 1 aliphatic carbocycles. The maximum absolute atomic E-state index is 12.0. The minimum absolute atomic E-state index is 0.0674. The summed E-state index contributed by atoms with van der Waals surface area (Å²) in [6, 6.07) is 11.8. The summed E-state index contributed by atoms with van der Waals surface area (Å²) in [6.45, 7) is 2.02. The third-order valence-corrected chi connectivity index (χ3v) is 5.91. The Bertz CT molecular complexity index is 768. The number of aryl methyl sites for hydroxylation is 1. The standard InChI is InChI=1S/C12H15N3OS.C7H7Cl/c1-15-10(16)7-12(8-4-5-8,14-11(15)13)9-3-2-6-17-9;1-6-3-2-4-7(8)5-6/h2-3,6,8H,4-5,7H2,1H3,(H2,13,14);2-5H,1H3.